The molecule has 1 N–H and O–H groups in total. The molecule has 0 aliphatic carbocycles. The summed E-state index contributed by atoms with van der Waals surface area (Å²) in [7, 11) is 0. The Morgan fingerprint density at radius 2 is 1.65 bits per heavy atom. The van der Waals surface area contributed by atoms with Crippen LogP contribution < -0.4 is 5.32 Å². The fraction of sp³-hybridized carbons (Fsp3) is 0.158. The minimum atomic E-state index is -0.169. The van der Waals surface area contributed by atoms with Gasteiger partial charge in [0, 0.05) is 28.4 Å². The van der Waals surface area contributed by atoms with Gasteiger partial charge in [-0.25, -0.2) is 0 Å². The standard InChI is InChI=1S/C19H16BrNO2/c20-17-10-8-16(9-11-17)18(22)12-13-19(23)21-14-4-7-15-5-2-1-3-6-15/h1-3,5-6,8-11H,12-14H2,(H,21,23). The van der Waals surface area contributed by atoms with Gasteiger partial charge in [0.25, 0.3) is 0 Å². The number of nitrogens with one attached hydrogen (secondary N) is 1. The molecule has 0 aromatic heterocycles. The number of benzene rings is 2. The number of amides is 1. The van der Waals surface area contributed by atoms with Gasteiger partial charge >= 0.3 is 0 Å². The Labute approximate surface area is 144 Å². The largest absolute Gasteiger partial charge is 0.345 e. The minimum absolute atomic E-state index is 0.0389. The molecule has 0 radical (unpaired) electrons. The van der Waals surface area contributed by atoms with E-state index in [1.807, 2.05) is 42.5 Å². The van der Waals surface area contributed by atoms with Gasteiger partial charge in [-0.3, -0.25) is 9.59 Å². The highest BCUT2D eigenvalue weighted by Gasteiger charge is 2.08. The Bertz CT molecular complexity index is 727. The molecule has 4 heteroatoms. The summed E-state index contributed by atoms with van der Waals surface area (Å²) in [5, 5.41) is 2.70. The van der Waals surface area contributed by atoms with Gasteiger partial charge in [-0.05, 0) is 24.3 Å². The van der Waals surface area contributed by atoms with Crippen molar-refractivity contribution in [2.45, 2.75) is 12.8 Å². The van der Waals surface area contributed by atoms with Crippen LogP contribution in [0.3, 0.4) is 0 Å². The summed E-state index contributed by atoms with van der Waals surface area (Å²) in [6, 6.07) is 16.7. The maximum absolute atomic E-state index is 12.0. The third kappa shape index (κ3) is 6.09. The van der Waals surface area contributed by atoms with Crippen LogP contribution in [0, 0.1) is 11.8 Å². The molecule has 0 aliphatic heterocycles. The van der Waals surface area contributed by atoms with Crippen molar-refractivity contribution < 1.29 is 9.59 Å². The van der Waals surface area contributed by atoms with Crippen LogP contribution in [0.4, 0.5) is 0 Å². The van der Waals surface area contributed by atoms with Crippen molar-refractivity contribution in [1.82, 2.24) is 5.32 Å². The van der Waals surface area contributed by atoms with Gasteiger partial charge in [0.05, 0.1) is 6.54 Å². The summed E-state index contributed by atoms with van der Waals surface area (Å²) < 4.78 is 0.920. The Kier molecular flexibility index (Phi) is 6.58. The smallest absolute Gasteiger partial charge is 0.221 e. The van der Waals surface area contributed by atoms with E-state index >= 15 is 0 Å². The van der Waals surface area contributed by atoms with Crippen molar-refractivity contribution >= 4 is 27.6 Å². The lowest BCUT2D eigenvalue weighted by Gasteiger charge is -2.02. The van der Waals surface area contributed by atoms with E-state index in [9.17, 15) is 9.59 Å². The van der Waals surface area contributed by atoms with Gasteiger partial charge in [0.2, 0.25) is 5.91 Å². The predicted octanol–water partition coefficient (Wildman–Crippen LogP) is 3.58. The topological polar surface area (TPSA) is 46.2 Å². The fourth-order valence-electron chi connectivity index (χ4n) is 1.91. The molecule has 0 saturated heterocycles. The number of halogens is 1. The van der Waals surface area contributed by atoms with Crippen molar-refractivity contribution in [1.29, 1.82) is 0 Å². The van der Waals surface area contributed by atoms with Crippen LogP contribution in [0.25, 0.3) is 0 Å². The van der Waals surface area contributed by atoms with E-state index in [2.05, 4.69) is 33.1 Å². The summed E-state index contributed by atoms with van der Waals surface area (Å²) in [5.41, 5.74) is 1.53. The highest BCUT2D eigenvalue weighted by atomic mass is 79.9. The zero-order chi connectivity index (χ0) is 16.5. The second-order valence-corrected chi connectivity index (χ2v) is 5.79. The van der Waals surface area contributed by atoms with Gasteiger partial charge < -0.3 is 5.32 Å². The molecular weight excluding hydrogens is 354 g/mol. The molecule has 0 fully saturated rings. The first-order chi connectivity index (χ1) is 11.1. The molecule has 0 spiro atoms. The SMILES string of the molecule is O=C(CCC(=O)c1ccc(Br)cc1)NCC#Cc1ccccc1. The Morgan fingerprint density at radius 3 is 2.35 bits per heavy atom. The van der Waals surface area contributed by atoms with Crippen LogP contribution in [0.2, 0.25) is 0 Å². The molecule has 0 aliphatic rings. The van der Waals surface area contributed by atoms with Gasteiger partial charge in [-0.2, -0.15) is 0 Å². The number of ketones is 1. The van der Waals surface area contributed by atoms with E-state index in [4.69, 9.17) is 0 Å². The number of carbonyl (C=O) groups excluding carboxylic acids is 2. The summed E-state index contributed by atoms with van der Waals surface area (Å²) in [5.74, 6) is 5.64. The van der Waals surface area contributed by atoms with Gasteiger partial charge in [-0.15, -0.1) is 0 Å². The number of hydrogen-bond donors (Lipinski definition) is 1. The van der Waals surface area contributed by atoms with Crippen molar-refractivity contribution in [3.63, 3.8) is 0 Å². The second kappa shape index (κ2) is 8.92. The van der Waals surface area contributed by atoms with Crippen LogP contribution in [-0.2, 0) is 4.79 Å². The quantitative estimate of drug-likeness (QED) is 0.646. The van der Waals surface area contributed by atoms with Crippen LogP contribution in [0.1, 0.15) is 28.8 Å². The highest BCUT2D eigenvalue weighted by molar-refractivity contribution is 9.10. The Hall–Kier alpha value is -2.38. The first kappa shape index (κ1) is 17.0. The molecular formula is C19H16BrNO2. The molecule has 23 heavy (non-hydrogen) atoms. The van der Waals surface area contributed by atoms with Crippen LogP contribution in [0.15, 0.2) is 59.1 Å². The molecule has 0 heterocycles. The van der Waals surface area contributed by atoms with E-state index in [0.717, 1.165) is 10.0 Å². The first-order valence-corrected chi connectivity index (χ1v) is 8.04. The lowest BCUT2D eigenvalue weighted by Crippen LogP contribution is -2.24. The second-order valence-electron chi connectivity index (χ2n) is 4.87. The van der Waals surface area contributed by atoms with Crippen molar-refractivity contribution in [2.24, 2.45) is 0 Å². The van der Waals surface area contributed by atoms with E-state index < -0.39 is 0 Å². The zero-order valence-corrected chi connectivity index (χ0v) is 14.1. The summed E-state index contributed by atoms with van der Waals surface area (Å²) in [6.07, 6.45) is 0.363. The summed E-state index contributed by atoms with van der Waals surface area (Å²) in [6.45, 7) is 0.278. The summed E-state index contributed by atoms with van der Waals surface area (Å²) in [4.78, 5) is 23.7. The van der Waals surface area contributed by atoms with Crippen molar-refractivity contribution in [2.75, 3.05) is 6.54 Å². The van der Waals surface area contributed by atoms with Crippen molar-refractivity contribution in [3.05, 3.63) is 70.2 Å². The molecule has 2 aromatic carbocycles. The number of Topliss-reactive ketones (excluding diaryl/α,β-unsaturated/α-hetero) is 1. The lowest BCUT2D eigenvalue weighted by atomic mass is 10.1. The van der Waals surface area contributed by atoms with E-state index in [0.29, 0.717) is 5.56 Å². The Morgan fingerprint density at radius 1 is 0.957 bits per heavy atom. The van der Waals surface area contributed by atoms with E-state index in [1.165, 1.54) is 0 Å². The minimum Gasteiger partial charge on any atom is -0.345 e. The van der Waals surface area contributed by atoms with E-state index in [1.54, 1.807) is 12.1 Å². The van der Waals surface area contributed by atoms with Crippen LogP contribution in [0.5, 0.6) is 0 Å². The average molecular weight is 370 g/mol. The third-order valence-electron chi connectivity index (χ3n) is 3.13. The molecule has 2 rings (SSSR count). The normalized spacial score (nSPS) is 9.61. The molecule has 116 valence electrons. The zero-order valence-electron chi connectivity index (χ0n) is 12.5. The predicted molar refractivity (Wildman–Crippen MR) is 94.0 cm³/mol. The highest BCUT2D eigenvalue weighted by Crippen LogP contribution is 2.12. The average Bonchev–Trinajstić information content (AvgIpc) is 2.58. The first-order valence-electron chi connectivity index (χ1n) is 7.24. The van der Waals surface area contributed by atoms with Gasteiger partial charge in [0.15, 0.2) is 5.78 Å². The summed E-state index contributed by atoms with van der Waals surface area (Å²) >= 11 is 3.32. The molecule has 0 bridgehead atoms. The molecule has 0 unspecified atom stereocenters. The molecule has 1 amide bonds. The van der Waals surface area contributed by atoms with Crippen LogP contribution in [-0.4, -0.2) is 18.2 Å². The third-order valence-corrected chi connectivity index (χ3v) is 3.65. The maximum Gasteiger partial charge on any atom is 0.221 e. The van der Waals surface area contributed by atoms with Crippen LogP contribution >= 0.6 is 15.9 Å². The maximum atomic E-state index is 12.0. The van der Waals surface area contributed by atoms with E-state index in [-0.39, 0.29) is 31.1 Å². The fourth-order valence-corrected chi connectivity index (χ4v) is 2.17. The number of rotatable bonds is 5. The molecule has 0 saturated carbocycles. The number of carbonyl (C=O) groups is 2. The molecule has 0 atom stereocenters. The van der Waals surface area contributed by atoms with Gasteiger partial charge in [0.1, 0.15) is 0 Å². The molecule has 2 aromatic rings. The monoisotopic (exact) mass is 369 g/mol. The van der Waals surface area contributed by atoms with Crippen molar-refractivity contribution in [3.8, 4) is 11.8 Å². The lowest BCUT2D eigenvalue weighted by molar-refractivity contribution is -0.120. The molecule has 3 nitrogen and oxygen atoms in total. The number of hydrogen-bond acceptors (Lipinski definition) is 2. The van der Waals surface area contributed by atoms with Gasteiger partial charge in [-0.1, -0.05) is 58.1 Å². The Balaban J connectivity index is 1.72.